The number of rotatable bonds is 7. The van der Waals surface area contributed by atoms with Crippen molar-refractivity contribution < 1.29 is 13.9 Å². The van der Waals surface area contributed by atoms with E-state index in [-0.39, 0.29) is 18.3 Å². The average Bonchev–Trinajstić information content (AvgIpc) is 3.34. The zero-order valence-corrected chi connectivity index (χ0v) is 15.8. The number of amides is 1. The van der Waals surface area contributed by atoms with Crippen LogP contribution in [0.3, 0.4) is 0 Å². The van der Waals surface area contributed by atoms with E-state index in [0.29, 0.717) is 23.7 Å². The third kappa shape index (κ3) is 4.21. The fourth-order valence-corrected chi connectivity index (χ4v) is 3.18. The summed E-state index contributed by atoms with van der Waals surface area (Å²) in [5.41, 5.74) is 2.13. The molecule has 0 radical (unpaired) electrons. The van der Waals surface area contributed by atoms with Gasteiger partial charge in [-0.25, -0.2) is 0 Å². The van der Waals surface area contributed by atoms with Gasteiger partial charge in [-0.3, -0.25) is 4.79 Å². The summed E-state index contributed by atoms with van der Waals surface area (Å²) in [4.78, 5) is 15.5. The van der Waals surface area contributed by atoms with Crippen LogP contribution in [0.4, 0.5) is 0 Å². The maximum absolute atomic E-state index is 12.3. The Morgan fingerprint density at radius 3 is 2.82 bits per heavy atom. The summed E-state index contributed by atoms with van der Waals surface area (Å²) < 4.78 is 11.2. The topological polar surface area (TPSA) is 67.3 Å². The molecule has 28 heavy (non-hydrogen) atoms. The summed E-state index contributed by atoms with van der Waals surface area (Å²) in [6, 6.07) is 18.6. The molecule has 6 heteroatoms. The number of hydrogen-bond donors (Lipinski definition) is 2. The van der Waals surface area contributed by atoms with E-state index in [1.165, 1.54) is 0 Å². The number of H-pyrrole nitrogens is 1. The minimum Gasteiger partial charge on any atom is -0.486 e. The number of para-hydroxylation sites is 1. The fraction of sp³-hybridized carbons (Fsp3) is 0.136. The van der Waals surface area contributed by atoms with E-state index in [0.717, 1.165) is 22.2 Å². The average molecular weight is 395 g/mol. The molecular formula is C22H19ClN2O3. The normalized spacial score (nSPS) is 10.9. The van der Waals surface area contributed by atoms with Crippen molar-refractivity contribution in [1.82, 2.24) is 10.3 Å². The number of fused-ring (bicyclic) bond motifs is 1. The number of nitrogens with one attached hydrogen (secondary N) is 2. The van der Waals surface area contributed by atoms with Crippen LogP contribution >= 0.6 is 11.6 Å². The number of aromatic nitrogens is 1. The number of carbonyl (C=O) groups is 1. The van der Waals surface area contributed by atoms with Crippen LogP contribution in [0.25, 0.3) is 10.9 Å². The molecule has 4 aromatic rings. The van der Waals surface area contributed by atoms with Gasteiger partial charge in [0.2, 0.25) is 0 Å². The summed E-state index contributed by atoms with van der Waals surface area (Å²) in [5, 5.41) is 4.65. The Bertz CT molecular complexity index is 1090. The van der Waals surface area contributed by atoms with Crippen LogP contribution in [-0.4, -0.2) is 17.4 Å². The Kier molecular flexibility index (Phi) is 5.35. The third-order valence-electron chi connectivity index (χ3n) is 4.42. The van der Waals surface area contributed by atoms with Crippen molar-refractivity contribution in [3.63, 3.8) is 0 Å². The highest BCUT2D eigenvalue weighted by Crippen LogP contribution is 2.22. The zero-order valence-electron chi connectivity index (χ0n) is 15.1. The first kappa shape index (κ1) is 18.2. The number of halogens is 1. The molecule has 0 saturated carbocycles. The second-order valence-electron chi connectivity index (χ2n) is 6.38. The molecule has 0 saturated heterocycles. The molecular weight excluding hydrogens is 376 g/mol. The van der Waals surface area contributed by atoms with Crippen molar-refractivity contribution in [3.8, 4) is 5.75 Å². The molecule has 0 atom stereocenters. The summed E-state index contributed by atoms with van der Waals surface area (Å²) in [6.07, 6.45) is 2.63. The van der Waals surface area contributed by atoms with Crippen LogP contribution in [0.1, 0.15) is 21.9 Å². The van der Waals surface area contributed by atoms with E-state index in [1.54, 1.807) is 12.1 Å². The van der Waals surface area contributed by atoms with Crippen LogP contribution < -0.4 is 10.1 Å². The monoisotopic (exact) mass is 394 g/mol. The Morgan fingerprint density at radius 2 is 1.96 bits per heavy atom. The summed E-state index contributed by atoms with van der Waals surface area (Å²) in [6.45, 7) is 0.766. The van der Waals surface area contributed by atoms with Gasteiger partial charge in [-0.1, -0.05) is 29.8 Å². The lowest BCUT2D eigenvalue weighted by molar-refractivity contribution is 0.0922. The zero-order chi connectivity index (χ0) is 19.3. The second-order valence-corrected chi connectivity index (χ2v) is 6.81. The molecule has 0 bridgehead atoms. The lowest BCUT2D eigenvalue weighted by Gasteiger charge is -2.04. The largest absolute Gasteiger partial charge is 0.486 e. The van der Waals surface area contributed by atoms with E-state index in [2.05, 4.69) is 10.3 Å². The first-order chi connectivity index (χ1) is 13.7. The van der Waals surface area contributed by atoms with E-state index >= 15 is 0 Å². The smallest absolute Gasteiger partial charge is 0.287 e. The minimum atomic E-state index is -0.246. The van der Waals surface area contributed by atoms with Crippen LogP contribution in [0.5, 0.6) is 5.75 Å². The molecule has 0 aliphatic carbocycles. The summed E-state index contributed by atoms with van der Waals surface area (Å²) >= 11 is 6.07. The first-order valence-electron chi connectivity index (χ1n) is 8.99. The summed E-state index contributed by atoms with van der Waals surface area (Å²) in [7, 11) is 0. The van der Waals surface area contributed by atoms with Gasteiger partial charge in [0.25, 0.3) is 5.91 Å². The van der Waals surface area contributed by atoms with Gasteiger partial charge >= 0.3 is 0 Å². The van der Waals surface area contributed by atoms with Crippen molar-refractivity contribution in [3.05, 3.63) is 89.0 Å². The Hall–Kier alpha value is -3.18. The number of aromatic amines is 1. The van der Waals surface area contributed by atoms with Gasteiger partial charge in [-0.2, -0.15) is 0 Å². The predicted molar refractivity (Wildman–Crippen MR) is 109 cm³/mol. The lowest BCUT2D eigenvalue weighted by atomic mass is 10.1. The molecule has 0 spiro atoms. The molecule has 0 aliphatic heterocycles. The molecule has 0 aliphatic rings. The van der Waals surface area contributed by atoms with E-state index in [4.69, 9.17) is 20.8 Å². The van der Waals surface area contributed by atoms with Gasteiger partial charge in [-0.05, 0) is 54.4 Å². The Morgan fingerprint density at radius 1 is 1.11 bits per heavy atom. The van der Waals surface area contributed by atoms with Gasteiger partial charge < -0.3 is 19.5 Å². The van der Waals surface area contributed by atoms with Crippen LogP contribution in [0.2, 0.25) is 5.02 Å². The molecule has 2 N–H and O–H groups in total. The molecule has 1 amide bonds. The molecule has 2 aromatic carbocycles. The molecule has 4 rings (SSSR count). The maximum Gasteiger partial charge on any atom is 0.287 e. The predicted octanol–water partition coefficient (Wildman–Crippen LogP) is 4.97. The standard InChI is InChI=1S/C22H19ClN2O3/c23-16-6-8-20-19(12-16)15(13-25-20)10-11-24-22(26)21-9-7-18(28-21)14-27-17-4-2-1-3-5-17/h1-9,12-13,25H,10-11,14H2,(H,24,26). The van der Waals surface area contributed by atoms with Crippen molar-refractivity contribution in [1.29, 1.82) is 0 Å². The van der Waals surface area contributed by atoms with Crippen LogP contribution in [0, 0.1) is 0 Å². The van der Waals surface area contributed by atoms with Crippen molar-refractivity contribution in [2.75, 3.05) is 6.54 Å². The SMILES string of the molecule is O=C(NCCc1c[nH]c2ccc(Cl)cc12)c1ccc(COc2ccccc2)o1. The fourth-order valence-electron chi connectivity index (χ4n) is 3.00. The van der Waals surface area contributed by atoms with Crippen molar-refractivity contribution >= 4 is 28.4 Å². The Balaban J connectivity index is 1.30. The minimum absolute atomic E-state index is 0.246. The van der Waals surface area contributed by atoms with Crippen LogP contribution in [0.15, 0.2) is 71.3 Å². The molecule has 142 valence electrons. The third-order valence-corrected chi connectivity index (χ3v) is 4.65. The number of ether oxygens (including phenoxy) is 1. The lowest BCUT2D eigenvalue weighted by Crippen LogP contribution is -2.25. The molecule has 2 aromatic heterocycles. The van der Waals surface area contributed by atoms with Gasteiger partial charge in [-0.15, -0.1) is 0 Å². The van der Waals surface area contributed by atoms with Gasteiger partial charge in [0, 0.05) is 28.7 Å². The number of furan rings is 1. The quantitative estimate of drug-likeness (QED) is 0.465. The van der Waals surface area contributed by atoms with Gasteiger partial charge in [0.15, 0.2) is 5.76 Å². The highest BCUT2D eigenvalue weighted by Gasteiger charge is 2.12. The first-order valence-corrected chi connectivity index (χ1v) is 9.37. The molecule has 2 heterocycles. The maximum atomic E-state index is 12.3. The van der Waals surface area contributed by atoms with E-state index < -0.39 is 0 Å². The number of hydrogen-bond acceptors (Lipinski definition) is 3. The van der Waals surface area contributed by atoms with Gasteiger partial charge in [0.05, 0.1) is 0 Å². The van der Waals surface area contributed by atoms with Crippen molar-refractivity contribution in [2.45, 2.75) is 13.0 Å². The van der Waals surface area contributed by atoms with Crippen molar-refractivity contribution in [2.24, 2.45) is 0 Å². The Labute approximate surface area is 167 Å². The number of carbonyl (C=O) groups excluding carboxylic acids is 1. The molecule has 5 nitrogen and oxygen atoms in total. The molecule has 0 unspecified atom stereocenters. The summed E-state index contributed by atoms with van der Waals surface area (Å²) in [5.74, 6) is 1.38. The van der Waals surface area contributed by atoms with E-state index in [9.17, 15) is 4.79 Å². The van der Waals surface area contributed by atoms with E-state index in [1.807, 2.05) is 54.7 Å². The van der Waals surface area contributed by atoms with Crippen LogP contribution in [-0.2, 0) is 13.0 Å². The second kappa shape index (κ2) is 8.23. The molecule has 0 fully saturated rings. The van der Waals surface area contributed by atoms with Gasteiger partial charge in [0.1, 0.15) is 18.1 Å². The highest BCUT2D eigenvalue weighted by molar-refractivity contribution is 6.31. The highest BCUT2D eigenvalue weighted by atomic mass is 35.5. The number of benzene rings is 2.